The third kappa shape index (κ3) is 5.83. The lowest BCUT2D eigenvalue weighted by Crippen LogP contribution is -2.54. The fourth-order valence-electron chi connectivity index (χ4n) is 7.26. The molecule has 8 heteroatoms. The second kappa shape index (κ2) is 13.0. The normalized spacial score (nSPS) is 19.8. The molecule has 8 nitrogen and oxygen atoms in total. The minimum atomic E-state index is -0.763. The minimum Gasteiger partial charge on any atom is -0.490 e. The molecule has 3 aliphatic rings. The summed E-state index contributed by atoms with van der Waals surface area (Å²) < 4.78 is 11.7. The zero-order chi connectivity index (χ0) is 33.4. The summed E-state index contributed by atoms with van der Waals surface area (Å²) in [6, 6.07) is 29.3. The lowest BCUT2D eigenvalue weighted by Gasteiger charge is -2.44. The molecule has 1 fully saturated rings. The number of ether oxygens (including phenoxy) is 2. The molecule has 4 aromatic carbocycles. The van der Waals surface area contributed by atoms with Crippen molar-refractivity contribution in [1.29, 1.82) is 0 Å². The van der Waals surface area contributed by atoms with Crippen LogP contribution in [0.4, 0.5) is 16.2 Å². The van der Waals surface area contributed by atoms with Crippen LogP contribution in [0.15, 0.2) is 96.6 Å². The predicted octanol–water partition coefficient (Wildman–Crippen LogP) is 7.42. The van der Waals surface area contributed by atoms with Crippen molar-refractivity contribution in [1.82, 2.24) is 5.32 Å². The minimum absolute atomic E-state index is 0.0596. The van der Waals surface area contributed by atoms with Crippen molar-refractivity contribution in [2.45, 2.75) is 51.6 Å². The second-order valence-electron chi connectivity index (χ2n) is 12.7. The molecule has 7 rings (SSSR count). The average Bonchev–Trinajstić information content (AvgIpc) is 3.08. The second-order valence-corrected chi connectivity index (χ2v) is 12.7. The molecule has 48 heavy (non-hydrogen) atoms. The van der Waals surface area contributed by atoms with Crippen molar-refractivity contribution in [3.63, 3.8) is 0 Å². The van der Waals surface area contributed by atoms with Crippen LogP contribution in [0.5, 0.6) is 11.5 Å². The molecule has 244 valence electrons. The van der Waals surface area contributed by atoms with Crippen LogP contribution in [0.3, 0.4) is 0 Å². The molecule has 4 amide bonds. The Morgan fingerprint density at radius 2 is 1.42 bits per heavy atom. The first-order valence-corrected chi connectivity index (χ1v) is 16.7. The summed E-state index contributed by atoms with van der Waals surface area (Å²) in [5.74, 6) is -0.149. The molecule has 0 aromatic heterocycles. The molecule has 0 spiro atoms. The van der Waals surface area contributed by atoms with E-state index in [2.05, 4.69) is 34.5 Å². The fraction of sp³-hybridized carbons (Fsp3) is 0.275. The summed E-state index contributed by atoms with van der Waals surface area (Å²) in [6.07, 6.45) is 3.27. The highest BCUT2D eigenvalue weighted by Crippen LogP contribution is 2.50. The quantitative estimate of drug-likeness (QED) is 0.159. The summed E-state index contributed by atoms with van der Waals surface area (Å²) in [5.41, 5.74) is 6.64. The van der Waals surface area contributed by atoms with Gasteiger partial charge in [-0.15, -0.1) is 0 Å². The zero-order valence-electron chi connectivity index (χ0n) is 27.4. The van der Waals surface area contributed by atoms with Crippen molar-refractivity contribution in [3.05, 3.63) is 124 Å². The highest BCUT2D eigenvalue weighted by atomic mass is 16.5. The molecule has 0 unspecified atom stereocenters. The van der Waals surface area contributed by atoms with E-state index < -0.39 is 17.8 Å². The maximum absolute atomic E-state index is 14.2. The highest BCUT2D eigenvalue weighted by Gasteiger charge is 2.40. The number of carbonyl (C=O) groups excluding carboxylic acids is 3. The Morgan fingerprint density at radius 1 is 0.812 bits per heavy atom. The number of barbiturate groups is 1. The molecular formula is C40H39N3O5. The van der Waals surface area contributed by atoms with Gasteiger partial charge in [0.05, 0.1) is 18.4 Å². The molecule has 3 heterocycles. The van der Waals surface area contributed by atoms with Gasteiger partial charge in [-0.25, -0.2) is 9.69 Å². The van der Waals surface area contributed by atoms with Gasteiger partial charge in [0.25, 0.3) is 11.8 Å². The fourth-order valence-corrected chi connectivity index (χ4v) is 7.26. The summed E-state index contributed by atoms with van der Waals surface area (Å²) in [4.78, 5) is 44.5. The Balaban J connectivity index is 1.34. The third-order valence-electron chi connectivity index (χ3n) is 9.30. The van der Waals surface area contributed by atoms with E-state index in [4.69, 9.17) is 9.47 Å². The van der Waals surface area contributed by atoms with Gasteiger partial charge in [-0.05, 0) is 91.8 Å². The van der Waals surface area contributed by atoms with E-state index in [-0.39, 0.29) is 23.5 Å². The Labute approximate surface area is 281 Å². The highest BCUT2D eigenvalue weighted by molar-refractivity contribution is 6.39. The smallest absolute Gasteiger partial charge is 0.335 e. The van der Waals surface area contributed by atoms with Crippen molar-refractivity contribution < 1.29 is 23.9 Å². The summed E-state index contributed by atoms with van der Waals surface area (Å²) in [5, 5.41) is 2.42. The zero-order valence-corrected chi connectivity index (χ0v) is 27.4. The number of hydrogen-bond acceptors (Lipinski definition) is 6. The van der Waals surface area contributed by atoms with E-state index in [0.29, 0.717) is 29.4 Å². The Bertz CT molecular complexity index is 1830. The van der Waals surface area contributed by atoms with Crippen molar-refractivity contribution in [2.75, 3.05) is 29.5 Å². The molecule has 0 bridgehead atoms. The SMILES string of the molecule is CCOc1cc(/C=C2\C(=O)NC(=O)N(c3cc4c5c(c3)[C@H](c3ccccc3)CCN5CC[C@@H]4c3ccccc3)C2=O)ccc1OC(C)C. The van der Waals surface area contributed by atoms with Crippen LogP contribution in [0.25, 0.3) is 6.08 Å². The Kier molecular flexibility index (Phi) is 8.48. The van der Waals surface area contributed by atoms with Gasteiger partial charge in [-0.2, -0.15) is 0 Å². The molecule has 0 saturated carbocycles. The van der Waals surface area contributed by atoms with Gasteiger partial charge in [0.15, 0.2) is 11.5 Å². The average molecular weight is 642 g/mol. The maximum atomic E-state index is 14.2. The first kappa shape index (κ1) is 31.2. The van der Waals surface area contributed by atoms with Crippen LogP contribution in [0.1, 0.15) is 73.3 Å². The molecule has 4 aromatic rings. The lowest BCUT2D eigenvalue weighted by atomic mass is 9.76. The summed E-state index contributed by atoms with van der Waals surface area (Å²) in [7, 11) is 0. The summed E-state index contributed by atoms with van der Waals surface area (Å²) >= 11 is 0. The predicted molar refractivity (Wildman–Crippen MR) is 187 cm³/mol. The number of hydrogen-bond donors (Lipinski definition) is 1. The van der Waals surface area contributed by atoms with Gasteiger partial charge >= 0.3 is 6.03 Å². The van der Waals surface area contributed by atoms with Crippen LogP contribution in [-0.2, 0) is 9.59 Å². The molecule has 0 radical (unpaired) electrons. The van der Waals surface area contributed by atoms with Gasteiger partial charge in [-0.3, -0.25) is 14.9 Å². The van der Waals surface area contributed by atoms with Gasteiger partial charge in [-0.1, -0.05) is 66.7 Å². The van der Waals surface area contributed by atoms with E-state index in [9.17, 15) is 14.4 Å². The lowest BCUT2D eigenvalue weighted by molar-refractivity contribution is -0.122. The number of anilines is 2. The van der Waals surface area contributed by atoms with Gasteiger partial charge in [0, 0.05) is 30.6 Å². The van der Waals surface area contributed by atoms with Crippen LogP contribution >= 0.6 is 0 Å². The van der Waals surface area contributed by atoms with E-state index in [1.165, 1.54) is 22.9 Å². The largest absolute Gasteiger partial charge is 0.490 e. The number of nitrogens with zero attached hydrogens (tertiary/aromatic N) is 2. The van der Waals surface area contributed by atoms with E-state index in [1.54, 1.807) is 18.2 Å². The first-order valence-electron chi connectivity index (χ1n) is 16.7. The standard InChI is InChI=1S/C40H39N3O5/c1-4-47-36-22-26(15-16-35(36)48-25(2)3)21-34-38(44)41-40(46)43(39(34)45)29-23-32-30(27-11-7-5-8-12-27)17-19-42-20-18-31(33(24-29)37(32)42)28-13-9-6-10-14-28/h5-16,21-25,30-31H,4,17-20H2,1-3H3,(H,41,44,46)/b34-21+/t30-,31+. The topological polar surface area (TPSA) is 88.2 Å². The number of carbonyl (C=O) groups is 3. The number of rotatable bonds is 8. The van der Waals surface area contributed by atoms with Crippen molar-refractivity contribution in [3.8, 4) is 11.5 Å². The first-order chi connectivity index (χ1) is 23.3. The molecule has 2 atom stereocenters. The maximum Gasteiger partial charge on any atom is 0.335 e. The van der Waals surface area contributed by atoms with E-state index in [0.717, 1.165) is 42.0 Å². The number of benzene rings is 4. The van der Waals surface area contributed by atoms with E-state index in [1.807, 2.05) is 69.3 Å². The molecular weight excluding hydrogens is 602 g/mol. The van der Waals surface area contributed by atoms with Gasteiger partial charge in [0.2, 0.25) is 0 Å². The molecule has 1 N–H and O–H groups in total. The Morgan fingerprint density at radius 3 is 1.98 bits per heavy atom. The Hall–Kier alpha value is -5.37. The van der Waals surface area contributed by atoms with Crippen LogP contribution in [0, 0.1) is 0 Å². The van der Waals surface area contributed by atoms with Crippen LogP contribution in [0.2, 0.25) is 0 Å². The van der Waals surface area contributed by atoms with Crippen LogP contribution in [-0.4, -0.2) is 43.6 Å². The molecule has 1 saturated heterocycles. The van der Waals surface area contributed by atoms with E-state index >= 15 is 0 Å². The number of imide groups is 2. The number of nitrogens with one attached hydrogen (secondary N) is 1. The third-order valence-corrected chi connectivity index (χ3v) is 9.30. The monoisotopic (exact) mass is 641 g/mol. The van der Waals surface area contributed by atoms with Gasteiger partial charge in [0.1, 0.15) is 5.57 Å². The van der Waals surface area contributed by atoms with Crippen molar-refractivity contribution >= 4 is 35.3 Å². The van der Waals surface area contributed by atoms with Gasteiger partial charge < -0.3 is 14.4 Å². The molecule has 3 aliphatic heterocycles. The van der Waals surface area contributed by atoms with Crippen molar-refractivity contribution in [2.24, 2.45) is 0 Å². The molecule has 0 aliphatic carbocycles. The van der Waals surface area contributed by atoms with Crippen LogP contribution < -0.4 is 24.6 Å². The number of urea groups is 1. The summed E-state index contributed by atoms with van der Waals surface area (Å²) in [6.45, 7) is 8.01. The number of amides is 4.